The van der Waals surface area contributed by atoms with Crippen LogP contribution in [-0.4, -0.2) is 54.6 Å². The van der Waals surface area contributed by atoms with E-state index in [-0.39, 0.29) is 25.3 Å². The largest absolute Gasteiger partial charge is 0.624 e. The van der Waals surface area contributed by atoms with Crippen LogP contribution in [-0.2, 0) is 16.1 Å². The number of amides is 3. The summed E-state index contributed by atoms with van der Waals surface area (Å²) in [5, 5.41) is 19.0. The van der Waals surface area contributed by atoms with Gasteiger partial charge < -0.3 is 15.4 Å². The molecule has 2 N–H and O–H groups in total. The highest BCUT2D eigenvalue weighted by molar-refractivity contribution is 6.02. The van der Waals surface area contributed by atoms with Gasteiger partial charge in [-0.2, -0.15) is 0 Å². The summed E-state index contributed by atoms with van der Waals surface area (Å²) in [5.74, 6) is -1.61. The summed E-state index contributed by atoms with van der Waals surface area (Å²) in [7, 11) is 1.96. The molecule has 3 amide bonds. The third-order valence-corrected chi connectivity index (χ3v) is 6.08. The van der Waals surface area contributed by atoms with Crippen molar-refractivity contribution in [3.63, 3.8) is 0 Å². The van der Waals surface area contributed by atoms with Crippen molar-refractivity contribution in [2.45, 2.75) is 44.3 Å². The van der Waals surface area contributed by atoms with Gasteiger partial charge in [0, 0.05) is 43.2 Å². The normalized spacial score (nSPS) is 29.0. The number of carbonyl (C=O) groups excluding carboxylic acids is 3. The Morgan fingerprint density at radius 1 is 1.19 bits per heavy atom. The summed E-state index contributed by atoms with van der Waals surface area (Å²) in [6.07, 6.45) is 2.20. The molecule has 1 aromatic rings. The number of nitrogens with zero attached hydrogens (tertiary/aromatic N) is 2. The minimum atomic E-state index is -1.22. The van der Waals surface area contributed by atoms with E-state index in [0.29, 0.717) is 11.6 Å². The summed E-state index contributed by atoms with van der Waals surface area (Å²) in [6.45, 7) is 1.66. The summed E-state index contributed by atoms with van der Waals surface area (Å²) in [4.78, 5) is 38.8. The van der Waals surface area contributed by atoms with Crippen LogP contribution in [0.4, 0.5) is 5.69 Å². The zero-order valence-electron chi connectivity index (χ0n) is 15.4. The highest BCUT2D eigenvalue weighted by atomic mass is 16.6. The Balaban J connectivity index is 1.62. The van der Waals surface area contributed by atoms with E-state index in [1.54, 1.807) is 12.1 Å². The lowest BCUT2D eigenvalue weighted by Gasteiger charge is -2.42. The van der Waals surface area contributed by atoms with E-state index in [4.69, 9.17) is 0 Å². The number of imide groups is 1. The van der Waals surface area contributed by atoms with Gasteiger partial charge in [-0.1, -0.05) is 6.07 Å². The van der Waals surface area contributed by atoms with Gasteiger partial charge in [-0.3, -0.25) is 19.6 Å². The Kier molecular flexibility index (Phi) is 4.49. The molecule has 0 spiro atoms. The number of hydrogen-bond acceptors (Lipinski definition) is 6. The number of fused-ring (bicyclic) bond motifs is 1. The van der Waals surface area contributed by atoms with E-state index in [1.807, 2.05) is 13.1 Å². The van der Waals surface area contributed by atoms with Gasteiger partial charge in [0.1, 0.15) is 6.54 Å². The topological polar surface area (TPSA) is 102 Å². The number of carbonyl (C=O) groups is 3. The average molecular weight is 372 g/mol. The van der Waals surface area contributed by atoms with Crippen LogP contribution in [0.1, 0.15) is 41.6 Å². The molecule has 0 aliphatic carbocycles. The van der Waals surface area contributed by atoms with Gasteiger partial charge in [0.25, 0.3) is 5.91 Å². The Morgan fingerprint density at radius 2 is 1.93 bits per heavy atom. The average Bonchev–Trinajstić information content (AvgIpc) is 2.93. The zero-order chi connectivity index (χ0) is 19.2. The number of piperidine rings is 2. The van der Waals surface area contributed by atoms with E-state index in [0.717, 1.165) is 37.2 Å². The van der Waals surface area contributed by atoms with Crippen molar-refractivity contribution < 1.29 is 19.0 Å². The van der Waals surface area contributed by atoms with E-state index in [9.17, 15) is 19.6 Å². The summed E-state index contributed by atoms with van der Waals surface area (Å²) in [5.41, 5.74) is 2.05. The molecule has 1 aromatic carbocycles. The monoisotopic (exact) mass is 372 g/mol. The maximum Gasteiger partial charge on any atom is 0.347 e. The minimum Gasteiger partial charge on any atom is -0.624 e. The molecule has 27 heavy (non-hydrogen) atoms. The zero-order valence-corrected chi connectivity index (χ0v) is 15.4. The molecule has 0 bridgehead atoms. The Bertz CT molecular complexity index is 803. The molecule has 144 valence electrons. The van der Waals surface area contributed by atoms with Gasteiger partial charge in [-0.05, 0) is 32.0 Å². The minimum absolute atomic E-state index is 0.0530. The molecule has 8 heteroatoms. The fourth-order valence-corrected chi connectivity index (χ4v) is 4.49. The summed E-state index contributed by atoms with van der Waals surface area (Å²) >= 11 is 0. The van der Waals surface area contributed by atoms with Crippen LogP contribution in [0, 0.1) is 5.21 Å². The van der Waals surface area contributed by atoms with E-state index < -0.39 is 22.5 Å². The van der Waals surface area contributed by atoms with Crippen molar-refractivity contribution in [1.82, 2.24) is 10.6 Å². The van der Waals surface area contributed by atoms with Crippen LogP contribution < -0.4 is 15.5 Å². The third-order valence-electron chi connectivity index (χ3n) is 6.08. The van der Waals surface area contributed by atoms with Crippen LogP contribution in [0.5, 0.6) is 0 Å². The van der Waals surface area contributed by atoms with Crippen molar-refractivity contribution in [1.29, 1.82) is 0 Å². The lowest BCUT2D eigenvalue weighted by Crippen LogP contribution is -2.60. The molecule has 2 saturated heterocycles. The van der Waals surface area contributed by atoms with Crippen molar-refractivity contribution in [2.75, 3.05) is 25.0 Å². The number of benzene rings is 1. The highest BCUT2D eigenvalue weighted by Gasteiger charge is 2.50. The molecule has 3 heterocycles. The molecule has 0 aromatic heterocycles. The maximum atomic E-state index is 13.5. The molecule has 2 atom stereocenters. The number of hydrogen-bond donors (Lipinski definition) is 2. The van der Waals surface area contributed by atoms with Gasteiger partial charge >= 0.3 is 5.91 Å². The SMILES string of the molecule is CNC1CCN(c2cccc3c2C[N+]([O-])(C2CCC(=O)NC2=O)C3=O)CC1. The Morgan fingerprint density at radius 3 is 2.59 bits per heavy atom. The van der Waals surface area contributed by atoms with Crippen molar-refractivity contribution >= 4 is 23.4 Å². The predicted octanol–water partition coefficient (Wildman–Crippen LogP) is 0.648. The standard InChI is InChI=1S/C19H24N4O4/c1-20-12-7-9-22(10-8-12)15-4-2-3-13-14(15)11-23(27,19(13)26)16-5-6-17(24)21-18(16)25/h2-4,12,16,20H,5-11H2,1H3,(H,21,24,25). The second-order valence-electron chi connectivity index (χ2n) is 7.58. The Hall–Kier alpha value is -2.29. The van der Waals surface area contributed by atoms with E-state index in [2.05, 4.69) is 15.5 Å². The third kappa shape index (κ3) is 2.93. The fraction of sp³-hybridized carbons (Fsp3) is 0.526. The summed E-state index contributed by atoms with van der Waals surface area (Å²) in [6, 6.07) is 4.84. The number of anilines is 1. The first kappa shape index (κ1) is 18.1. The second kappa shape index (κ2) is 6.70. The predicted molar refractivity (Wildman–Crippen MR) is 98.6 cm³/mol. The Labute approximate surface area is 157 Å². The molecule has 2 fully saturated rings. The molecule has 8 nitrogen and oxygen atoms in total. The van der Waals surface area contributed by atoms with Gasteiger partial charge in [0.2, 0.25) is 5.91 Å². The maximum absolute atomic E-state index is 13.5. The second-order valence-corrected chi connectivity index (χ2v) is 7.58. The van der Waals surface area contributed by atoms with E-state index >= 15 is 0 Å². The highest BCUT2D eigenvalue weighted by Crippen LogP contribution is 2.39. The molecular formula is C19H24N4O4. The first-order valence-electron chi connectivity index (χ1n) is 9.45. The van der Waals surface area contributed by atoms with Gasteiger partial charge in [0.05, 0.1) is 5.56 Å². The van der Waals surface area contributed by atoms with Gasteiger partial charge in [-0.25, -0.2) is 4.79 Å². The van der Waals surface area contributed by atoms with Crippen LogP contribution in [0.3, 0.4) is 0 Å². The van der Waals surface area contributed by atoms with Crippen molar-refractivity contribution in [2.24, 2.45) is 0 Å². The van der Waals surface area contributed by atoms with Gasteiger partial charge in [-0.15, -0.1) is 0 Å². The quantitative estimate of drug-likeness (QED) is 0.459. The summed E-state index contributed by atoms with van der Waals surface area (Å²) < 4.78 is -1.22. The van der Waals surface area contributed by atoms with E-state index in [1.165, 1.54) is 0 Å². The molecule has 2 unspecified atom stereocenters. The lowest BCUT2D eigenvalue weighted by atomic mass is 10.0. The number of hydroxylamine groups is 3. The molecule has 3 aliphatic rings. The number of rotatable bonds is 3. The molecule has 0 saturated carbocycles. The molecular weight excluding hydrogens is 348 g/mol. The van der Waals surface area contributed by atoms with Crippen LogP contribution in [0.2, 0.25) is 0 Å². The van der Waals surface area contributed by atoms with Gasteiger partial charge in [0.15, 0.2) is 6.04 Å². The van der Waals surface area contributed by atoms with Crippen molar-refractivity contribution in [3.05, 3.63) is 34.5 Å². The number of nitrogens with one attached hydrogen (secondary N) is 2. The van der Waals surface area contributed by atoms with Crippen molar-refractivity contribution in [3.8, 4) is 0 Å². The first-order valence-corrected chi connectivity index (χ1v) is 9.45. The van der Waals surface area contributed by atoms with Crippen LogP contribution in [0.15, 0.2) is 18.2 Å². The first-order chi connectivity index (χ1) is 12.9. The molecule has 4 rings (SSSR count). The van der Waals surface area contributed by atoms with Crippen LogP contribution >= 0.6 is 0 Å². The fourth-order valence-electron chi connectivity index (χ4n) is 4.49. The number of quaternary nitrogens is 1. The van der Waals surface area contributed by atoms with Crippen LogP contribution in [0.25, 0.3) is 0 Å². The smallest absolute Gasteiger partial charge is 0.347 e. The molecule has 0 radical (unpaired) electrons. The molecule has 3 aliphatic heterocycles. The lowest BCUT2D eigenvalue weighted by molar-refractivity contribution is -0.825.